The SMILES string of the molecule is CCNC(=NCc1ccc(-n2ccnc2)c(F)c1)NCc1ccc(OC)cc1OC.I. The Bertz CT molecular complexity index is 996. The first kappa shape index (κ1) is 24.4. The summed E-state index contributed by atoms with van der Waals surface area (Å²) in [5.74, 6) is 1.78. The van der Waals surface area contributed by atoms with E-state index in [2.05, 4.69) is 20.6 Å². The maximum Gasteiger partial charge on any atom is 0.191 e. The van der Waals surface area contributed by atoms with Crippen LogP contribution in [0.25, 0.3) is 5.69 Å². The van der Waals surface area contributed by atoms with Gasteiger partial charge in [0.1, 0.15) is 17.3 Å². The van der Waals surface area contributed by atoms with E-state index < -0.39 is 0 Å². The topological polar surface area (TPSA) is 72.7 Å². The second-order valence-electron chi connectivity index (χ2n) is 6.48. The van der Waals surface area contributed by atoms with Crippen LogP contribution in [0.4, 0.5) is 4.39 Å². The molecule has 0 aliphatic heterocycles. The van der Waals surface area contributed by atoms with Gasteiger partial charge in [0.2, 0.25) is 0 Å². The van der Waals surface area contributed by atoms with E-state index in [9.17, 15) is 4.39 Å². The van der Waals surface area contributed by atoms with E-state index in [1.54, 1.807) is 43.6 Å². The molecule has 0 spiro atoms. The van der Waals surface area contributed by atoms with Crippen LogP contribution in [0.2, 0.25) is 0 Å². The Morgan fingerprint density at radius 2 is 1.97 bits per heavy atom. The third kappa shape index (κ3) is 6.58. The monoisotopic (exact) mass is 539 g/mol. The van der Waals surface area contributed by atoms with Crippen molar-refractivity contribution in [1.82, 2.24) is 20.2 Å². The van der Waals surface area contributed by atoms with Gasteiger partial charge >= 0.3 is 0 Å². The van der Waals surface area contributed by atoms with Crippen molar-refractivity contribution >= 4 is 29.9 Å². The predicted molar refractivity (Wildman–Crippen MR) is 130 cm³/mol. The summed E-state index contributed by atoms with van der Waals surface area (Å²) < 4.78 is 26.8. The molecule has 2 N–H and O–H groups in total. The first-order valence-corrected chi connectivity index (χ1v) is 9.64. The van der Waals surface area contributed by atoms with Crippen molar-refractivity contribution in [3.05, 3.63) is 72.1 Å². The molecule has 7 nitrogen and oxygen atoms in total. The van der Waals surface area contributed by atoms with Gasteiger partial charge in [-0.2, -0.15) is 0 Å². The quantitative estimate of drug-likeness (QED) is 0.258. The lowest BCUT2D eigenvalue weighted by molar-refractivity contribution is 0.390. The zero-order valence-corrected chi connectivity index (χ0v) is 20.1. The highest BCUT2D eigenvalue weighted by molar-refractivity contribution is 14.0. The number of halogens is 2. The lowest BCUT2D eigenvalue weighted by Gasteiger charge is -2.14. The molecule has 0 bridgehead atoms. The maximum atomic E-state index is 14.4. The highest BCUT2D eigenvalue weighted by Crippen LogP contribution is 2.24. The van der Waals surface area contributed by atoms with Crippen LogP contribution in [0.5, 0.6) is 11.5 Å². The Morgan fingerprint density at radius 1 is 1.13 bits per heavy atom. The molecule has 3 aromatic rings. The number of benzene rings is 2. The summed E-state index contributed by atoms with van der Waals surface area (Å²) >= 11 is 0. The summed E-state index contributed by atoms with van der Waals surface area (Å²) in [6.45, 7) is 3.56. The number of guanidine groups is 1. The summed E-state index contributed by atoms with van der Waals surface area (Å²) in [6, 6.07) is 10.7. The van der Waals surface area contributed by atoms with Crippen LogP contribution < -0.4 is 20.1 Å². The van der Waals surface area contributed by atoms with Crippen LogP contribution in [0.15, 0.2) is 60.1 Å². The Hall–Kier alpha value is -2.82. The predicted octanol–water partition coefficient (Wildman–Crippen LogP) is 3.90. The van der Waals surface area contributed by atoms with Crippen molar-refractivity contribution in [2.75, 3.05) is 20.8 Å². The zero-order valence-electron chi connectivity index (χ0n) is 17.8. The number of methoxy groups -OCH3 is 2. The zero-order chi connectivity index (χ0) is 21.3. The van der Waals surface area contributed by atoms with Crippen LogP contribution in [0, 0.1) is 5.82 Å². The van der Waals surface area contributed by atoms with Crippen molar-refractivity contribution in [3.8, 4) is 17.2 Å². The number of aromatic nitrogens is 2. The Morgan fingerprint density at radius 3 is 2.61 bits per heavy atom. The molecule has 0 fully saturated rings. The summed E-state index contributed by atoms with van der Waals surface area (Å²) in [5.41, 5.74) is 2.20. The molecular weight excluding hydrogens is 512 g/mol. The van der Waals surface area contributed by atoms with Gasteiger partial charge in [0.25, 0.3) is 0 Å². The minimum Gasteiger partial charge on any atom is -0.497 e. The number of hydrogen-bond donors (Lipinski definition) is 2. The van der Waals surface area contributed by atoms with Crippen LogP contribution in [-0.4, -0.2) is 36.3 Å². The van der Waals surface area contributed by atoms with Gasteiger partial charge < -0.3 is 24.7 Å². The highest BCUT2D eigenvalue weighted by Gasteiger charge is 2.08. The van der Waals surface area contributed by atoms with Crippen molar-refractivity contribution < 1.29 is 13.9 Å². The van der Waals surface area contributed by atoms with E-state index in [0.29, 0.717) is 31.3 Å². The largest absolute Gasteiger partial charge is 0.497 e. The second-order valence-corrected chi connectivity index (χ2v) is 6.48. The molecule has 3 rings (SSSR count). The number of imidazole rings is 1. The molecule has 166 valence electrons. The lowest BCUT2D eigenvalue weighted by atomic mass is 10.2. The number of rotatable bonds is 8. The standard InChI is InChI=1S/C22H26FN5O2.HI/c1-4-25-22(27-14-17-6-7-18(29-2)12-21(17)30-3)26-13-16-5-8-20(19(23)11-16)28-10-9-24-15-28;/h5-12,15H,4,13-14H2,1-3H3,(H2,25,26,27);1H. The number of nitrogens with zero attached hydrogens (tertiary/aromatic N) is 3. The molecule has 0 atom stereocenters. The van der Waals surface area contributed by atoms with Gasteiger partial charge in [0, 0.05) is 37.1 Å². The highest BCUT2D eigenvalue weighted by atomic mass is 127. The molecular formula is C22H27FIN5O2. The van der Waals surface area contributed by atoms with E-state index in [-0.39, 0.29) is 29.8 Å². The first-order chi connectivity index (χ1) is 14.6. The van der Waals surface area contributed by atoms with Crippen molar-refractivity contribution in [1.29, 1.82) is 0 Å². The van der Waals surface area contributed by atoms with Gasteiger partial charge in [-0.1, -0.05) is 6.07 Å². The Balaban J connectivity index is 0.00000341. The van der Waals surface area contributed by atoms with Gasteiger partial charge in [-0.25, -0.2) is 14.4 Å². The molecule has 0 unspecified atom stereocenters. The van der Waals surface area contributed by atoms with Gasteiger partial charge in [-0.15, -0.1) is 24.0 Å². The lowest BCUT2D eigenvalue weighted by Crippen LogP contribution is -2.36. The molecule has 0 amide bonds. The average molecular weight is 539 g/mol. The summed E-state index contributed by atoms with van der Waals surface area (Å²) in [5, 5.41) is 6.48. The smallest absolute Gasteiger partial charge is 0.191 e. The van der Waals surface area contributed by atoms with E-state index in [1.807, 2.05) is 31.2 Å². The van der Waals surface area contributed by atoms with E-state index in [4.69, 9.17) is 9.47 Å². The molecule has 0 aliphatic rings. The van der Waals surface area contributed by atoms with Crippen molar-refractivity contribution in [3.63, 3.8) is 0 Å². The molecule has 1 heterocycles. The first-order valence-electron chi connectivity index (χ1n) is 9.64. The van der Waals surface area contributed by atoms with Gasteiger partial charge in [-0.3, -0.25) is 0 Å². The molecule has 0 saturated carbocycles. The Labute approximate surface area is 198 Å². The third-order valence-corrected chi connectivity index (χ3v) is 4.50. The number of nitrogens with one attached hydrogen (secondary N) is 2. The van der Waals surface area contributed by atoms with Crippen LogP contribution in [0.1, 0.15) is 18.1 Å². The second kappa shape index (κ2) is 12.1. The normalized spacial score (nSPS) is 10.9. The van der Waals surface area contributed by atoms with Crippen LogP contribution >= 0.6 is 24.0 Å². The summed E-state index contributed by atoms with van der Waals surface area (Å²) in [7, 11) is 3.24. The van der Waals surface area contributed by atoms with Crippen molar-refractivity contribution in [2.45, 2.75) is 20.0 Å². The average Bonchev–Trinajstić information content (AvgIpc) is 3.30. The molecule has 9 heteroatoms. The molecule has 2 aromatic carbocycles. The van der Waals surface area contributed by atoms with Gasteiger partial charge in [0.05, 0.1) is 32.8 Å². The molecule has 0 aliphatic carbocycles. The fourth-order valence-electron chi connectivity index (χ4n) is 2.95. The molecule has 31 heavy (non-hydrogen) atoms. The fraction of sp³-hybridized carbons (Fsp3) is 0.273. The molecule has 1 aromatic heterocycles. The number of aliphatic imine (C=N–C) groups is 1. The van der Waals surface area contributed by atoms with Crippen LogP contribution in [-0.2, 0) is 13.1 Å². The minimum absolute atomic E-state index is 0. The van der Waals surface area contributed by atoms with E-state index >= 15 is 0 Å². The minimum atomic E-state index is -0.318. The fourth-order valence-corrected chi connectivity index (χ4v) is 2.95. The molecule has 0 saturated heterocycles. The number of hydrogen-bond acceptors (Lipinski definition) is 4. The van der Waals surface area contributed by atoms with Gasteiger partial charge in [-0.05, 0) is 36.8 Å². The van der Waals surface area contributed by atoms with E-state index in [0.717, 1.165) is 22.6 Å². The molecule has 0 radical (unpaired) electrons. The summed E-state index contributed by atoms with van der Waals surface area (Å²) in [6.07, 6.45) is 4.89. The van der Waals surface area contributed by atoms with Gasteiger partial charge in [0.15, 0.2) is 5.96 Å². The number of ether oxygens (including phenoxy) is 2. The maximum absolute atomic E-state index is 14.4. The Kier molecular flexibility index (Phi) is 9.57. The van der Waals surface area contributed by atoms with Crippen molar-refractivity contribution in [2.24, 2.45) is 4.99 Å². The third-order valence-electron chi connectivity index (χ3n) is 4.50. The van der Waals surface area contributed by atoms with E-state index in [1.165, 1.54) is 6.07 Å². The summed E-state index contributed by atoms with van der Waals surface area (Å²) in [4.78, 5) is 8.52. The van der Waals surface area contributed by atoms with Crippen LogP contribution in [0.3, 0.4) is 0 Å².